The number of hydrogen-bond donors (Lipinski definition) is 1. The third-order valence-electron chi connectivity index (χ3n) is 1.97. The highest BCUT2D eigenvalue weighted by molar-refractivity contribution is 5.61. The Kier molecular flexibility index (Phi) is 2.10. The fourth-order valence-electron chi connectivity index (χ4n) is 1.28. The number of hydrogen-bond acceptors (Lipinski definition) is 3. The lowest BCUT2D eigenvalue weighted by Gasteiger charge is -2.03. The number of aromatic nitrogens is 3. The van der Waals surface area contributed by atoms with Crippen molar-refractivity contribution in [1.29, 1.82) is 0 Å². The highest BCUT2D eigenvalue weighted by Gasteiger charge is 2.01. The summed E-state index contributed by atoms with van der Waals surface area (Å²) < 4.78 is 0. The average Bonchev–Trinajstić information content (AvgIpc) is 2.23. The molecule has 0 bridgehead atoms. The van der Waals surface area contributed by atoms with Crippen LogP contribution < -0.4 is 5.69 Å². The first-order valence-electron chi connectivity index (χ1n) is 4.24. The van der Waals surface area contributed by atoms with Crippen LogP contribution in [0.2, 0.25) is 0 Å². The van der Waals surface area contributed by atoms with Crippen LogP contribution in [0.5, 0.6) is 0 Å². The molecule has 0 spiro atoms. The molecule has 4 heteroatoms. The van der Waals surface area contributed by atoms with Gasteiger partial charge in [0.05, 0.1) is 5.69 Å². The van der Waals surface area contributed by atoms with Gasteiger partial charge in [0.2, 0.25) is 0 Å². The Morgan fingerprint density at radius 2 is 2.00 bits per heavy atom. The van der Waals surface area contributed by atoms with Gasteiger partial charge in [-0.1, -0.05) is 0 Å². The van der Waals surface area contributed by atoms with Crippen LogP contribution in [0, 0.1) is 6.92 Å². The van der Waals surface area contributed by atoms with Crippen LogP contribution in [0.15, 0.2) is 35.5 Å². The number of pyridine rings is 1. The van der Waals surface area contributed by atoms with Crippen molar-refractivity contribution in [2.45, 2.75) is 6.92 Å². The van der Waals surface area contributed by atoms with Crippen molar-refractivity contribution in [3.05, 3.63) is 46.8 Å². The molecular weight excluding hydrogens is 178 g/mol. The van der Waals surface area contributed by atoms with Crippen LogP contribution in [-0.2, 0) is 0 Å². The highest BCUT2D eigenvalue weighted by Crippen LogP contribution is 2.16. The molecule has 2 aromatic heterocycles. The van der Waals surface area contributed by atoms with E-state index in [2.05, 4.69) is 15.0 Å². The molecule has 0 aliphatic carbocycles. The Morgan fingerprint density at radius 1 is 1.29 bits per heavy atom. The second kappa shape index (κ2) is 3.41. The number of aryl methyl sites for hydroxylation is 1. The number of nitrogens with zero attached hydrogens (tertiary/aromatic N) is 2. The zero-order valence-electron chi connectivity index (χ0n) is 7.69. The summed E-state index contributed by atoms with van der Waals surface area (Å²) in [6, 6.07) is 3.69. The second-order valence-electron chi connectivity index (χ2n) is 2.98. The SMILES string of the molecule is Cc1cnc(=O)[nH]c1-c1ccncc1. The quantitative estimate of drug-likeness (QED) is 0.728. The minimum Gasteiger partial charge on any atom is -0.305 e. The van der Waals surface area contributed by atoms with E-state index in [9.17, 15) is 4.79 Å². The molecule has 70 valence electrons. The number of aromatic amines is 1. The Balaban J connectivity index is 2.62. The Hall–Kier alpha value is -1.97. The Bertz CT molecular complexity index is 490. The molecule has 0 fully saturated rings. The van der Waals surface area contributed by atoms with E-state index in [4.69, 9.17) is 0 Å². The van der Waals surface area contributed by atoms with Gasteiger partial charge < -0.3 is 4.98 Å². The predicted molar refractivity (Wildman–Crippen MR) is 52.8 cm³/mol. The first-order valence-corrected chi connectivity index (χ1v) is 4.24. The molecule has 2 rings (SSSR count). The third kappa shape index (κ3) is 1.54. The maximum Gasteiger partial charge on any atom is 0.345 e. The van der Waals surface area contributed by atoms with Gasteiger partial charge in [-0.2, -0.15) is 0 Å². The van der Waals surface area contributed by atoms with Crippen molar-refractivity contribution in [3.8, 4) is 11.3 Å². The molecule has 2 aromatic rings. The van der Waals surface area contributed by atoms with Gasteiger partial charge >= 0.3 is 5.69 Å². The van der Waals surface area contributed by atoms with Crippen LogP contribution in [0.3, 0.4) is 0 Å². The molecule has 0 amide bonds. The van der Waals surface area contributed by atoms with Gasteiger partial charge in [0, 0.05) is 24.2 Å². The van der Waals surface area contributed by atoms with Crippen LogP contribution in [-0.4, -0.2) is 15.0 Å². The molecule has 0 radical (unpaired) electrons. The lowest BCUT2D eigenvalue weighted by atomic mass is 10.1. The maximum atomic E-state index is 11.0. The van der Waals surface area contributed by atoms with Gasteiger partial charge in [0.1, 0.15) is 0 Å². The minimum atomic E-state index is -0.331. The van der Waals surface area contributed by atoms with Crippen LogP contribution in [0.4, 0.5) is 0 Å². The average molecular weight is 187 g/mol. The fourth-order valence-corrected chi connectivity index (χ4v) is 1.28. The second-order valence-corrected chi connectivity index (χ2v) is 2.98. The standard InChI is InChI=1S/C10H9N3O/c1-7-6-12-10(14)13-9(7)8-2-4-11-5-3-8/h2-6H,1H3,(H,12,13,14). The molecule has 14 heavy (non-hydrogen) atoms. The molecule has 0 aliphatic rings. The van der Waals surface area contributed by atoms with E-state index in [0.717, 1.165) is 16.8 Å². The normalized spacial score (nSPS) is 10.1. The van der Waals surface area contributed by atoms with E-state index in [1.807, 2.05) is 19.1 Å². The first kappa shape index (κ1) is 8.62. The minimum absolute atomic E-state index is 0.331. The largest absolute Gasteiger partial charge is 0.345 e. The predicted octanol–water partition coefficient (Wildman–Crippen LogP) is 1.14. The van der Waals surface area contributed by atoms with Gasteiger partial charge in [-0.25, -0.2) is 9.78 Å². The van der Waals surface area contributed by atoms with Gasteiger partial charge in [0.25, 0.3) is 0 Å². The van der Waals surface area contributed by atoms with Gasteiger partial charge in [-0.05, 0) is 24.6 Å². The van der Waals surface area contributed by atoms with Crippen molar-refractivity contribution in [1.82, 2.24) is 15.0 Å². The molecule has 0 aliphatic heterocycles. The summed E-state index contributed by atoms with van der Waals surface area (Å²) in [5.41, 5.74) is 2.35. The number of nitrogens with one attached hydrogen (secondary N) is 1. The van der Waals surface area contributed by atoms with Gasteiger partial charge in [-0.15, -0.1) is 0 Å². The van der Waals surface area contributed by atoms with E-state index in [1.54, 1.807) is 18.6 Å². The summed E-state index contributed by atoms with van der Waals surface area (Å²) in [7, 11) is 0. The highest BCUT2D eigenvalue weighted by atomic mass is 16.1. The van der Waals surface area contributed by atoms with Crippen molar-refractivity contribution in [3.63, 3.8) is 0 Å². The van der Waals surface area contributed by atoms with E-state index < -0.39 is 0 Å². The molecule has 4 nitrogen and oxygen atoms in total. The topological polar surface area (TPSA) is 58.6 Å². The van der Waals surface area contributed by atoms with Gasteiger partial charge in [-0.3, -0.25) is 4.98 Å². The lowest BCUT2D eigenvalue weighted by molar-refractivity contribution is 1.05. The molecule has 1 N–H and O–H groups in total. The third-order valence-corrected chi connectivity index (χ3v) is 1.97. The van der Waals surface area contributed by atoms with Crippen LogP contribution in [0.25, 0.3) is 11.3 Å². The molecule has 2 heterocycles. The van der Waals surface area contributed by atoms with E-state index in [0.29, 0.717) is 0 Å². The van der Waals surface area contributed by atoms with E-state index >= 15 is 0 Å². The summed E-state index contributed by atoms with van der Waals surface area (Å²) in [6.07, 6.45) is 4.94. The Labute approximate surface area is 80.7 Å². The van der Waals surface area contributed by atoms with E-state index in [-0.39, 0.29) is 5.69 Å². The smallest absolute Gasteiger partial charge is 0.305 e. The summed E-state index contributed by atoms with van der Waals surface area (Å²) in [5.74, 6) is 0. The van der Waals surface area contributed by atoms with Crippen molar-refractivity contribution in [2.24, 2.45) is 0 Å². The zero-order chi connectivity index (χ0) is 9.97. The number of rotatable bonds is 1. The van der Waals surface area contributed by atoms with Crippen LogP contribution in [0.1, 0.15) is 5.56 Å². The molecule has 0 saturated carbocycles. The van der Waals surface area contributed by atoms with Crippen molar-refractivity contribution in [2.75, 3.05) is 0 Å². The maximum absolute atomic E-state index is 11.0. The molecule has 0 atom stereocenters. The monoisotopic (exact) mass is 187 g/mol. The summed E-state index contributed by atoms with van der Waals surface area (Å²) in [5, 5.41) is 0. The Morgan fingerprint density at radius 3 is 2.71 bits per heavy atom. The summed E-state index contributed by atoms with van der Waals surface area (Å²) in [4.78, 5) is 21.3. The zero-order valence-corrected chi connectivity index (χ0v) is 7.69. The van der Waals surface area contributed by atoms with Crippen LogP contribution >= 0.6 is 0 Å². The fraction of sp³-hybridized carbons (Fsp3) is 0.100. The molecule has 0 unspecified atom stereocenters. The number of H-pyrrole nitrogens is 1. The summed E-state index contributed by atoms with van der Waals surface area (Å²) in [6.45, 7) is 1.90. The molecular formula is C10H9N3O. The summed E-state index contributed by atoms with van der Waals surface area (Å²) >= 11 is 0. The van der Waals surface area contributed by atoms with Gasteiger partial charge in [0.15, 0.2) is 0 Å². The van der Waals surface area contributed by atoms with Crippen molar-refractivity contribution >= 4 is 0 Å². The first-order chi connectivity index (χ1) is 6.77. The molecule has 0 saturated heterocycles. The van der Waals surface area contributed by atoms with Crippen molar-refractivity contribution < 1.29 is 0 Å². The molecule has 0 aromatic carbocycles. The lowest BCUT2D eigenvalue weighted by Crippen LogP contribution is -2.11. The van der Waals surface area contributed by atoms with E-state index in [1.165, 1.54) is 0 Å².